The molecular formula is C10H13N5O4S2. The Balaban J connectivity index is 3.38. The van der Waals surface area contributed by atoms with Gasteiger partial charge in [0.2, 0.25) is 21.8 Å². The predicted molar refractivity (Wildman–Crippen MR) is 77.3 cm³/mol. The molecule has 21 heavy (non-hydrogen) atoms. The van der Waals surface area contributed by atoms with Gasteiger partial charge in [0.1, 0.15) is 15.6 Å². The van der Waals surface area contributed by atoms with E-state index in [0.29, 0.717) is 4.31 Å². The Bertz CT molecular complexity index is 672. The van der Waals surface area contributed by atoms with Crippen LogP contribution in [-0.4, -0.2) is 47.6 Å². The second kappa shape index (κ2) is 6.56. The molecule has 0 aromatic carbocycles. The number of primary amides is 2. The molecule has 0 bridgehead atoms. The van der Waals surface area contributed by atoms with E-state index in [1.54, 1.807) is 0 Å². The lowest BCUT2D eigenvalue weighted by atomic mass is 10.3. The summed E-state index contributed by atoms with van der Waals surface area (Å²) in [6.45, 7) is -1.42. The summed E-state index contributed by atoms with van der Waals surface area (Å²) in [4.78, 5) is 25.2. The molecule has 6 N–H and O–H groups in total. The first kappa shape index (κ1) is 16.9. The van der Waals surface area contributed by atoms with Crippen LogP contribution in [0.15, 0.2) is 23.2 Å². The molecule has 9 nitrogen and oxygen atoms in total. The van der Waals surface area contributed by atoms with Gasteiger partial charge in [0, 0.05) is 6.20 Å². The van der Waals surface area contributed by atoms with Gasteiger partial charge in [0.25, 0.3) is 0 Å². The summed E-state index contributed by atoms with van der Waals surface area (Å²) in [6.07, 6.45) is 1.31. The topological polar surface area (TPSA) is 162 Å². The fourth-order valence-electron chi connectivity index (χ4n) is 1.50. The fourth-order valence-corrected chi connectivity index (χ4v) is 3.25. The van der Waals surface area contributed by atoms with E-state index in [2.05, 4.69) is 4.98 Å². The van der Waals surface area contributed by atoms with Gasteiger partial charge >= 0.3 is 0 Å². The molecule has 0 radical (unpaired) electrons. The van der Waals surface area contributed by atoms with E-state index in [1.807, 2.05) is 0 Å². The minimum atomic E-state index is -4.27. The molecule has 0 saturated carbocycles. The molecule has 0 atom stereocenters. The first-order valence-electron chi connectivity index (χ1n) is 5.48. The van der Waals surface area contributed by atoms with Gasteiger partial charge in [-0.2, -0.15) is 4.31 Å². The summed E-state index contributed by atoms with van der Waals surface area (Å²) in [5.74, 6) is -1.89. The zero-order valence-corrected chi connectivity index (χ0v) is 12.4. The molecule has 1 aromatic heterocycles. The number of pyridine rings is 1. The zero-order chi connectivity index (χ0) is 16.2. The van der Waals surface area contributed by atoms with E-state index < -0.39 is 34.9 Å². The van der Waals surface area contributed by atoms with Crippen LogP contribution in [0.4, 0.5) is 0 Å². The van der Waals surface area contributed by atoms with Crippen molar-refractivity contribution in [3.05, 3.63) is 24.0 Å². The van der Waals surface area contributed by atoms with E-state index >= 15 is 0 Å². The standard InChI is InChI=1S/C10H13N5O4S2/c11-7(16)4-15(5-8(12)17)21(18,19)6-2-1-3-14-9(6)10(13)20/h1-3H,4-5H2,(H2,11,16)(H2,12,17)(H2,13,20). The van der Waals surface area contributed by atoms with Gasteiger partial charge in [-0.3, -0.25) is 14.6 Å². The highest BCUT2D eigenvalue weighted by molar-refractivity contribution is 7.89. The molecule has 0 aliphatic heterocycles. The maximum atomic E-state index is 12.5. The number of aromatic nitrogens is 1. The molecule has 0 fully saturated rings. The summed E-state index contributed by atoms with van der Waals surface area (Å²) < 4.78 is 25.5. The number of nitrogens with two attached hydrogens (primary N) is 3. The third-order valence-corrected chi connectivity index (χ3v) is 4.30. The Morgan fingerprint density at radius 1 is 1.19 bits per heavy atom. The van der Waals surface area contributed by atoms with Gasteiger partial charge in [-0.05, 0) is 12.1 Å². The fraction of sp³-hybridized carbons (Fsp3) is 0.200. The van der Waals surface area contributed by atoms with Crippen molar-refractivity contribution in [2.24, 2.45) is 17.2 Å². The van der Waals surface area contributed by atoms with Crippen LogP contribution in [0, 0.1) is 0 Å². The summed E-state index contributed by atoms with van der Waals surface area (Å²) in [5.41, 5.74) is 15.2. The Kier molecular flexibility index (Phi) is 5.29. The van der Waals surface area contributed by atoms with Crippen molar-refractivity contribution in [3.8, 4) is 0 Å². The molecule has 0 saturated heterocycles. The minimum absolute atomic E-state index is 0.147. The zero-order valence-electron chi connectivity index (χ0n) is 10.7. The molecular weight excluding hydrogens is 318 g/mol. The highest BCUT2D eigenvalue weighted by Crippen LogP contribution is 2.18. The predicted octanol–water partition coefficient (Wildman–Crippen LogP) is -2.32. The summed E-state index contributed by atoms with van der Waals surface area (Å²) >= 11 is 4.73. The minimum Gasteiger partial charge on any atom is -0.388 e. The van der Waals surface area contributed by atoms with Gasteiger partial charge in [0.15, 0.2) is 0 Å². The SMILES string of the molecule is NC(=O)CN(CC(N)=O)S(=O)(=O)c1cccnc1C(N)=S. The third-order valence-electron chi connectivity index (χ3n) is 2.29. The van der Waals surface area contributed by atoms with Crippen molar-refractivity contribution in [3.63, 3.8) is 0 Å². The number of carbonyl (C=O) groups is 2. The van der Waals surface area contributed by atoms with Crippen molar-refractivity contribution >= 4 is 39.0 Å². The first-order chi connectivity index (χ1) is 9.66. The first-order valence-corrected chi connectivity index (χ1v) is 7.32. The van der Waals surface area contributed by atoms with Crippen LogP contribution in [0.2, 0.25) is 0 Å². The molecule has 114 valence electrons. The van der Waals surface area contributed by atoms with Gasteiger partial charge in [-0.1, -0.05) is 12.2 Å². The van der Waals surface area contributed by atoms with E-state index in [1.165, 1.54) is 18.3 Å². The molecule has 1 heterocycles. The number of hydrogen-bond donors (Lipinski definition) is 3. The van der Waals surface area contributed by atoms with Crippen LogP contribution in [0.25, 0.3) is 0 Å². The summed E-state index contributed by atoms with van der Waals surface area (Å²) in [7, 11) is -4.27. The molecule has 11 heteroatoms. The summed E-state index contributed by atoms with van der Waals surface area (Å²) in [5, 5.41) is 0. The van der Waals surface area contributed by atoms with Gasteiger partial charge in [-0.25, -0.2) is 8.42 Å². The quantitative estimate of drug-likeness (QED) is 0.472. The molecule has 2 amide bonds. The Hall–Kier alpha value is -2.11. The van der Waals surface area contributed by atoms with Crippen LogP contribution in [0.5, 0.6) is 0 Å². The van der Waals surface area contributed by atoms with Crippen LogP contribution < -0.4 is 17.2 Å². The molecule has 1 aromatic rings. The average Bonchev–Trinajstić information content (AvgIpc) is 2.36. The number of sulfonamides is 1. The Morgan fingerprint density at radius 3 is 2.14 bits per heavy atom. The monoisotopic (exact) mass is 331 g/mol. The van der Waals surface area contributed by atoms with Crippen molar-refractivity contribution in [2.45, 2.75) is 4.90 Å². The van der Waals surface area contributed by atoms with Crippen LogP contribution in [0.3, 0.4) is 0 Å². The van der Waals surface area contributed by atoms with Crippen molar-refractivity contribution < 1.29 is 18.0 Å². The van der Waals surface area contributed by atoms with E-state index in [4.69, 9.17) is 29.4 Å². The second-order valence-electron chi connectivity index (χ2n) is 3.92. The van der Waals surface area contributed by atoms with Crippen molar-refractivity contribution in [2.75, 3.05) is 13.1 Å². The number of carbonyl (C=O) groups excluding carboxylic acids is 2. The van der Waals surface area contributed by atoms with E-state index in [-0.39, 0.29) is 15.6 Å². The number of hydrogen-bond acceptors (Lipinski definition) is 6. The largest absolute Gasteiger partial charge is 0.388 e. The Labute approximate surface area is 126 Å². The second-order valence-corrected chi connectivity index (χ2v) is 6.27. The maximum Gasteiger partial charge on any atom is 0.246 e. The van der Waals surface area contributed by atoms with Gasteiger partial charge in [-0.15, -0.1) is 0 Å². The van der Waals surface area contributed by atoms with E-state index in [9.17, 15) is 18.0 Å². The van der Waals surface area contributed by atoms with Crippen LogP contribution in [-0.2, 0) is 19.6 Å². The van der Waals surface area contributed by atoms with Crippen LogP contribution >= 0.6 is 12.2 Å². The van der Waals surface area contributed by atoms with Gasteiger partial charge < -0.3 is 17.2 Å². The number of nitrogens with zero attached hydrogens (tertiary/aromatic N) is 2. The number of rotatable bonds is 7. The lowest BCUT2D eigenvalue weighted by Crippen LogP contribution is -2.43. The van der Waals surface area contributed by atoms with E-state index in [0.717, 1.165) is 0 Å². The lowest BCUT2D eigenvalue weighted by Gasteiger charge is -2.20. The Morgan fingerprint density at radius 2 is 1.71 bits per heavy atom. The van der Waals surface area contributed by atoms with Crippen molar-refractivity contribution in [1.29, 1.82) is 0 Å². The molecule has 0 aliphatic carbocycles. The summed E-state index contributed by atoms with van der Waals surface area (Å²) in [6, 6.07) is 2.55. The highest BCUT2D eigenvalue weighted by Gasteiger charge is 2.30. The molecule has 0 spiro atoms. The number of thiocarbonyl (C=S) groups is 1. The smallest absolute Gasteiger partial charge is 0.246 e. The van der Waals surface area contributed by atoms with Crippen LogP contribution in [0.1, 0.15) is 5.69 Å². The third kappa shape index (κ3) is 4.18. The molecule has 0 unspecified atom stereocenters. The number of amides is 2. The lowest BCUT2D eigenvalue weighted by molar-refractivity contribution is -0.120. The molecule has 0 aliphatic rings. The average molecular weight is 331 g/mol. The normalized spacial score (nSPS) is 11.3. The molecule has 1 rings (SSSR count). The highest BCUT2D eigenvalue weighted by atomic mass is 32.2. The maximum absolute atomic E-state index is 12.5. The van der Waals surface area contributed by atoms with Gasteiger partial charge in [0.05, 0.1) is 13.1 Å². The van der Waals surface area contributed by atoms with Crippen molar-refractivity contribution in [1.82, 2.24) is 9.29 Å².